The molecule has 0 radical (unpaired) electrons. The Bertz CT molecular complexity index is 461. The number of rotatable bonds is 4. The zero-order chi connectivity index (χ0) is 13.2. The molecule has 1 aliphatic carbocycles. The number of hydrogen-bond acceptors (Lipinski definition) is 3. The quantitative estimate of drug-likeness (QED) is 0.815. The van der Waals surface area contributed by atoms with Crippen molar-refractivity contribution in [3.05, 3.63) is 18.0 Å². The number of carbonyl (C=O) groups excluding carboxylic acids is 1. The zero-order valence-corrected chi connectivity index (χ0v) is 10.3. The molecule has 6 nitrogen and oxygen atoms in total. The molecule has 98 valence electrons. The van der Waals surface area contributed by atoms with Crippen molar-refractivity contribution in [2.24, 2.45) is 7.05 Å². The molecule has 0 aromatic carbocycles. The number of hydrogen-bond donors (Lipinski definition) is 2. The first-order valence-corrected chi connectivity index (χ1v) is 6.04. The van der Waals surface area contributed by atoms with E-state index in [9.17, 15) is 14.7 Å². The van der Waals surface area contributed by atoms with Gasteiger partial charge in [-0.2, -0.15) is 5.10 Å². The van der Waals surface area contributed by atoms with Gasteiger partial charge in [-0.3, -0.25) is 9.48 Å². The molecule has 18 heavy (non-hydrogen) atoms. The number of amides is 1. The van der Waals surface area contributed by atoms with Gasteiger partial charge >= 0.3 is 5.97 Å². The first-order chi connectivity index (χ1) is 8.52. The zero-order valence-electron chi connectivity index (χ0n) is 10.3. The van der Waals surface area contributed by atoms with Gasteiger partial charge in [0.2, 0.25) is 5.91 Å². The summed E-state index contributed by atoms with van der Waals surface area (Å²) in [5, 5.41) is 15.9. The molecule has 0 unspecified atom stereocenters. The van der Waals surface area contributed by atoms with Crippen molar-refractivity contribution < 1.29 is 14.7 Å². The fourth-order valence-electron chi connectivity index (χ4n) is 2.43. The lowest BCUT2D eigenvalue weighted by atomic mass is 9.97. The second kappa shape index (κ2) is 4.80. The van der Waals surface area contributed by atoms with Gasteiger partial charge in [0.15, 0.2) is 0 Å². The van der Waals surface area contributed by atoms with Crippen LogP contribution in [-0.2, 0) is 23.1 Å². The third-order valence-corrected chi connectivity index (χ3v) is 3.37. The summed E-state index contributed by atoms with van der Waals surface area (Å²) in [5.74, 6) is -1.19. The molecular formula is C12H17N3O3. The highest BCUT2D eigenvalue weighted by molar-refractivity contribution is 5.88. The molecule has 0 atom stereocenters. The first-order valence-electron chi connectivity index (χ1n) is 6.04. The van der Waals surface area contributed by atoms with E-state index < -0.39 is 11.5 Å². The maximum atomic E-state index is 11.9. The van der Waals surface area contributed by atoms with Crippen LogP contribution in [0.15, 0.2) is 12.4 Å². The second-order valence-corrected chi connectivity index (χ2v) is 4.84. The number of nitrogens with zero attached hydrogens (tertiary/aromatic N) is 2. The summed E-state index contributed by atoms with van der Waals surface area (Å²) in [4.78, 5) is 23.2. The highest BCUT2D eigenvalue weighted by Gasteiger charge is 2.42. The van der Waals surface area contributed by atoms with Crippen LogP contribution in [0.25, 0.3) is 0 Å². The van der Waals surface area contributed by atoms with Crippen molar-refractivity contribution >= 4 is 11.9 Å². The predicted octanol–water partition coefficient (Wildman–Crippen LogP) is 0.476. The summed E-state index contributed by atoms with van der Waals surface area (Å²) in [6, 6.07) is 0. The van der Waals surface area contributed by atoms with Gasteiger partial charge < -0.3 is 10.4 Å². The number of aryl methyl sites for hydroxylation is 1. The molecule has 1 fully saturated rings. The average Bonchev–Trinajstić information content (AvgIpc) is 2.89. The van der Waals surface area contributed by atoms with E-state index in [1.807, 2.05) is 0 Å². The fourth-order valence-corrected chi connectivity index (χ4v) is 2.43. The molecule has 1 heterocycles. The van der Waals surface area contributed by atoms with E-state index in [4.69, 9.17) is 0 Å². The molecule has 1 aliphatic rings. The largest absolute Gasteiger partial charge is 0.480 e. The van der Waals surface area contributed by atoms with Gasteiger partial charge in [0.1, 0.15) is 5.54 Å². The van der Waals surface area contributed by atoms with Crippen LogP contribution in [0.5, 0.6) is 0 Å². The van der Waals surface area contributed by atoms with E-state index in [1.54, 1.807) is 24.1 Å². The predicted molar refractivity (Wildman–Crippen MR) is 63.9 cm³/mol. The minimum absolute atomic E-state index is 0.170. The first kappa shape index (κ1) is 12.6. The summed E-state index contributed by atoms with van der Waals surface area (Å²) in [6.07, 6.45) is 6.26. The van der Waals surface area contributed by atoms with Crippen LogP contribution in [0, 0.1) is 0 Å². The smallest absolute Gasteiger partial charge is 0.329 e. The maximum Gasteiger partial charge on any atom is 0.329 e. The Kier molecular flexibility index (Phi) is 3.36. The van der Waals surface area contributed by atoms with Gasteiger partial charge in [-0.15, -0.1) is 0 Å². The lowest BCUT2D eigenvalue weighted by Gasteiger charge is -2.25. The number of aliphatic carboxylic acids is 1. The number of aromatic nitrogens is 2. The minimum atomic E-state index is -1.06. The summed E-state index contributed by atoms with van der Waals surface area (Å²) in [5.41, 5.74) is -0.271. The van der Waals surface area contributed by atoms with Crippen LogP contribution in [-0.4, -0.2) is 32.3 Å². The Morgan fingerprint density at radius 1 is 1.50 bits per heavy atom. The standard InChI is InChI=1S/C12H17N3O3/c1-15-8-9(7-13-15)6-10(16)14-12(11(17)18)4-2-3-5-12/h7-8H,2-6H2,1H3,(H,14,16)(H,17,18). The van der Waals surface area contributed by atoms with Crippen LogP contribution in [0.2, 0.25) is 0 Å². The fraction of sp³-hybridized carbons (Fsp3) is 0.583. The molecule has 2 N–H and O–H groups in total. The average molecular weight is 251 g/mol. The molecule has 2 rings (SSSR count). The number of nitrogens with one attached hydrogen (secondary N) is 1. The molecule has 0 aliphatic heterocycles. The molecule has 1 saturated carbocycles. The molecular weight excluding hydrogens is 234 g/mol. The van der Waals surface area contributed by atoms with E-state index in [-0.39, 0.29) is 12.3 Å². The normalized spacial score (nSPS) is 17.6. The summed E-state index contributed by atoms with van der Waals surface area (Å²) in [7, 11) is 1.77. The molecule has 1 amide bonds. The minimum Gasteiger partial charge on any atom is -0.480 e. The Morgan fingerprint density at radius 2 is 2.17 bits per heavy atom. The summed E-state index contributed by atoms with van der Waals surface area (Å²) < 4.78 is 1.62. The van der Waals surface area contributed by atoms with Crippen molar-refractivity contribution in [3.63, 3.8) is 0 Å². The summed E-state index contributed by atoms with van der Waals surface area (Å²) >= 11 is 0. The third-order valence-electron chi connectivity index (χ3n) is 3.37. The highest BCUT2D eigenvalue weighted by Crippen LogP contribution is 2.29. The van der Waals surface area contributed by atoms with Gasteiger partial charge in [-0.1, -0.05) is 12.8 Å². The Balaban J connectivity index is 1.99. The second-order valence-electron chi connectivity index (χ2n) is 4.84. The monoisotopic (exact) mass is 251 g/mol. The van der Waals surface area contributed by atoms with Gasteiger partial charge in [-0.25, -0.2) is 4.79 Å². The van der Waals surface area contributed by atoms with Gasteiger partial charge in [-0.05, 0) is 18.4 Å². The van der Waals surface area contributed by atoms with E-state index in [0.29, 0.717) is 12.8 Å². The van der Waals surface area contributed by atoms with Crippen LogP contribution in [0.3, 0.4) is 0 Å². The Morgan fingerprint density at radius 3 is 2.67 bits per heavy atom. The van der Waals surface area contributed by atoms with Crippen molar-refractivity contribution in [1.29, 1.82) is 0 Å². The third kappa shape index (κ3) is 2.52. The van der Waals surface area contributed by atoms with Crippen molar-refractivity contribution in [2.45, 2.75) is 37.6 Å². The van der Waals surface area contributed by atoms with Gasteiger partial charge in [0.05, 0.1) is 12.6 Å². The Labute approximate surface area is 105 Å². The van der Waals surface area contributed by atoms with Crippen LogP contribution in [0.4, 0.5) is 0 Å². The molecule has 1 aromatic heterocycles. The summed E-state index contributed by atoms with van der Waals surface area (Å²) in [6.45, 7) is 0. The van der Waals surface area contributed by atoms with Gasteiger partial charge in [0.25, 0.3) is 0 Å². The van der Waals surface area contributed by atoms with E-state index in [1.165, 1.54) is 0 Å². The SMILES string of the molecule is Cn1cc(CC(=O)NC2(C(=O)O)CCCC2)cn1. The molecule has 0 bridgehead atoms. The topological polar surface area (TPSA) is 84.2 Å². The van der Waals surface area contributed by atoms with E-state index in [2.05, 4.69) is 10.4 Å². The Hall–Kier alpha value is -1.85. The van der Waals surface area contributed by atoms with Crippen molar-refractivity contribution in [1.82, 2.24) is 15.1 Å². The van der Waals surface area contributed by atoms with Crippen molar-refractivity contribution in [2.75, 3.05) is 0 Å². The maximum absolute atomic E-state index is 11.9. The molecule has 0 saturated heterocycles. The van der Waals surface area contributed by atoms with Crippen LogP contribution in [0.1, 0.15) is 31.2 Å². The number of carboxylic acid groups (broad SMARTS) is 1. The molecule has 0 spiro atoms. The molecule has 1 aromatic rings. The van der Waals surface area contributed by atoms with Crippen LogP contribution < -0.4 is 5.32 Å². The number of carbonyl (C=O) groups is 2. The lowest BCUT2D eigenvalue weighted by Crippen LogP contribution is -2.52. The van der Waals surface area contributed by atoms with E-state index in [0.717, 1.165) is 18.4 Å². The lowest BCUT2D eigenvalue weighted by molar-refractivity contribution is -0.147. The molecule has 6 heteroatoms. The van der Waals surface area contributed by atoms with Crippen molar-refractivity contribution in [3.8, 4) is 0 Å². The number of carboxylic acids is 1. The van der Waals surface area contributed by atoms with Crippen LogP contribution >= 0.6 is 0 Å². The van der Waals surface area contributed by atoms with Gasteiger partial charge in [0, 0.05) is 13.2 Å². The van der Waals surface area contributed by atoms with E-state index >= 15 is 0 Å². The highest BCUT2D eigenvalue weighted by atomic mass is 16.4.